The first kappa shape index (κ1) is 10.8. The predicted molar refractivity (Wildman–Crippen MR) is 38.6 cm³/mol. The summed E-state index contributed by atoms with van der Waals surface area (Å²) in [4.78, 5) is 1.81. The summed E-state index contributed by atoms with van der Waals surface area (Å²) in [7, 11) is 3.76. The molecule has 0 aromatic heterocycles. The summed E-state index contributed by atoms with van der Waals surface area (Å²) >= 11 is 2.66. The van der Waals surface area contributed by atoms with Crippen LogP contribution in [0.25, 0.3) is 0 Å². The van der Waals surface area contributed by atoms with Crippen molar-refractivity contribution in [1.29, 1.82) is 0 Å². The SMILES string of the molecule is CN(C)C(N)=[Se].[BiH3]. The van der Waals surface area contributed by atoms with Gasteiger partial charge in [-0.25, -0.2) is 0 Å². The second-order valence-electron chi connectivity index (χ2n) is 1.23. The molecule has 0 spiro atoms. The van der Waals surface area contributed by atoms with Gasteiger partial charge in [0, 0.05) is 0 Å². The molecule has 0 radical (unpaired) electrons. The molecule has 0 fully saturated rings. The second-order valence-corrected chi connectivity index (χ2v) is 2.11. The van der Waals surface area contributed by atoms with Gasteiger partial charge in [0.1, 0.15) is 0 Å². The number of hydrogen-bond donors (Lipinski definition) is 1. The van der Waals surface area contributed by atoms with E-state index in [4.69, 9.17) is 5.73 Å². The molecule has 0 aliphatic heterocycles. The Labute approximate surface area is 70.9 Å². The summed E-state index contributed by atoms with van der Waals surface area (Å²) in [6.45, 7) is 0. The topological polar surface area (TPSA) is 29.3 Å². The van der Waals surface area contributed by atoms with Gasteiger partial charge in [0.25, 0.3) is 0 Å². The zero-order valence-corrected chi connectivity index (χ0v) is 11.9. The number of rotatable bonds is 1. The Morgan fingerprint density at radius 1 is 1.57 bits per heavy atom. The molecule has 0 aromatic carbocycles. The average molecular weight is 363 g/mol. The van der Waals surface area contributed by atoms with Gasteiger partial charge in [-0.05, 0) is 0 Å². The molecule has 0 bridgehead atoms. The van der Waals surface area contributed by atoms with Crippen molar-refractivity contribution in [2.45, 2.75) is 0 Å². The van der Waals surface area contributed by atoms with Crippen LogP contribution < -0.4 is 5.73 Å². The van der Waals surface area contributed by atoms with Crippen LogP contribution in [-0.2, 0) is 0 Å². The van der Waals surface area contributed by atoms with E-state index in [2.05, 4.69) is 15.6 Å². The summed E-state index contributed by atoms with van der Waals surface area (Å²) in [5.41, 5.74) is 5.22. The van der Waals surface area contributed by atoms with E-state index in [0.29, 0.717) is 0 Å². The third-order valence-electron chi connectivity index (χ3n) is 0.441. The van der Waals surface area contributed by atoms with Gasteiger partial charge in [0.15, 0.2) is 0 Å². The van der Waals surface area contributed by atoms with Crippen LogP contribution in [0.1, 0.15) is 0 Å². The van der Waals surface area contributed by atoms with E-state index < -0.39 is 0 Å². The first-order valence-corrected chi connectivity index (χ1v) is 2.47. The van der Waals surface area contributed by atoms with Crippen LogP contribution >= 0.6 is 0 Å². The summed E-state index contributed by atoms with van der Waals surface area (Å²) < 4.78 is 0.718. The summed E-state index contributed by atoms with van der Waals surface area (Å²) in [6.07, 6.45) is 0. The van der Waals surface area contributed by atoms with Gasteiger partial charge in [0.2, 0.25) is 0 Å². The molecule has 7 heavy (non-hydrogen) atoms. The second kappa shape index (κ2) is 5.02. The number of nitrogens with zero attached hydrogens (tertiary/aromatic N) is 1. The predicted octanol–water partition coefficient (Wildman–Crippen LogP) is -2.42. The van der Waals surface area contributed by atoms with Crippen LogP contribution in [0.3, 0.4) is 0 Å². The van der Waals surface area contributed by atoms with E-state index in [9.17, 15) is 0 Å². The Hall–Kier alpha value is 0.873. The van der Waals surface area contributed by atoms with E-state index >= 15 is 0 Å². The molecule has 0 aliphatic rings. The van der Waals surface area contributed by atoms with E-state index in [0.717, 1.165) is 4.67 Å². The van der Waals surface area contributed by atoms with Crippen LogP contribution in [0.5, 0.6) is 0 Å². The van der Waals surface area contributed by atoms with E-state index in [-0.39, 0.29) is 26.2 Å². The van der Waals surface area contributed by atoms with Crippen LogP contribution in [0.4, 0.5) is 0 Å². The molecule has 0 unspecified atom stereocenters. The van der Waals surface area contributed by atoms with E-state index in [1.807, 2.05) is 14.1 Å². The Kier molecular flexibility index (Phi) is 7.73. The van der Waals surface area contributed by atoms with Crippen molar-refractivity contribution in [2.75, 3.05) is 14.1 Å². The maximum atomic E-state index is 5.22. The van der Waals surface area contributed by atoms with Crippen molar-refractivity contribution in [1.82, 2.24) is 4.90 Å². The number of hydrogen-bond acceptors (Lipinski definition) is 2. The quantitative estimate of drug-likeness (QED) is 0.526. The Balaban J connectivity index is 0. The molecule has 0 saturated carbocycles. The maximum absolute atomic E-state index is 5.22. The van der Waals surface area contributed by atoms with Gasteiger partial charge in [-0.3, -0.25) is 0 Å². The van der Waals surface area contributed by atoms with Crippen molar-refractivity contribution in [3.63, 3.8) is 0 Å². The van der Waals surface area contributed by atoms with Crippen LogP contribution in [0.2, 0.25) is 0 Å². The molecule has 4 heteroatoms. The minimum absolute atomic E-state index is 0. The molecule has 2 nitrogen and oxygen atoms in total. The molecule has 0 aliphatic carbocycles. The average Bonchev–Trinajstić information content (AvgIpc) is 1.36. The molecular formula is C3H11BiN2Se. The Morgan fingerprint density at radius 3 is 1.71 bits per heavy atom. The molecule has 2 N–H and O–H groups in total. The Bertz CT molecular complexity index is 64.0. The zero-order valence-electron chi connectivity index (χ0n) is 4.64. The molecule has 0 atom stereocenters. The third kappa shape index (κ3) is 6.87. The van der Waals surface area contributed by atoms with Gasteiger partial charge < -0.3 is 0 Å². The van der Waals surface area contributed by atoms with Gasteiger partial charge in [-0.2, -0.15) is 0 Å². The number of nitrogens with two attached hydrogens (primary N) is 1. The van der Waals surface area contributed by atoms with Crippen LogP contribution in [-0.4, -0.2) is 65.4 Å². The van der Waals surface area contributed by atoms with Gasteiger partial charge in [-0.15, -0.1) is 0 Å². The summed E-state index contributed by atoms with van der Waals surface area (Å²) in [5, 5.41) is 0. The monoisotopic (exact) mass is 364 g/mol. The Morgan fingerprint density at radius 2 is 1.71 bits per heavy atom. The molecule has 0 amide bonds. The standard InChI is InChI=1S/C3H8N2Se.Bi.3H/c1-5(2)3(4)6;;;;/h1-2H3,(H2,4,6);;;;. The van der Waals surface area contributed by atoms with Crippen LogP contribution in [0.15, 0.2) is 0 Å². The fourth-order valence-electron chi connectivity index (χ4n) is 0. The molecule has 0 heterocycles. The first-order valence-electron chi connectivity index (χ1n) is 1.61. The van der Waals surface area contributed by atoms with Crippen molar-refractivity contribution in [2.24, 2.45) is 5.73 Å². The van der Waals surface area contributed by atoms with E-state index in [1.54, 1.807) is 4.90 Å². The van der Waals surface area contributed by atoms with Gasteiger partial charge in [-0.1, -0.05) is 0 Å². The fraction of sp³-hybridized carbons (Fsp3) is 0.667. The first-order chi connectivity index (χ1) is 2.64. The molecule has 0 saturated heterocycles. The van der Waals surface area contributed by atoms with Crippen molar-refractivity contribution in [3.8, 4) is 0 Å². The van der Waals surface area contributed by atoms with Crippen LogP contribution in [0, 0.1) is 0 Å². The molecule has 0 rings (SSSR count). The zero-order chi connectivity index (χ0) is 5.15. The third-order valence-corrected chi connectivity index (χ3v) is 1.21. The molecular weight excluding hydrogens is 352 g/mol. The summed E-state index contributed by atoms with van der Waals surface area (Å²) in [5.74, 6) is 0. The van der Waals surface area contributed by atoms with Crippen molar-refractivity contribution >= 4 is 46.4 Å². The van der Waals surface area contributed by atoms with Gasteiger partial charge >= 0.3 is 71.2 Å². The summed E-state index contributed by atoms with van der Waals surface area (Å²) in [6, 6.07) is 0. The van der Waals surface area contributed by atoms with E-state index in [1.165, 1.54) is 0 Å². The van der Waals surface area contributed by atoms with Crippen molar-refractivity contribution in [3.05, 3.63) is 0 Å². The molecule has 0 aromatic rings. The minimum atomic E-state index is 0. The van der Waals surface area contributed by atoms with Gasteiger partial charge in [0.05, 0.1) is 0 Å². The fourth-order valence-corrected chi connectivity index (χ4v) is 0. The normalized spacial score (nSPS) is 6.57. The van der Waals surface area contributed by atoms with Crippen molar-refractivity contribution < 1.29 is 0 Å². The molecule has 44 valence electrons.